The third kappa shape index (κ3) is 8.50. The molecular weight excluding hydrogens is 943 g/mol. The van der Waals surface area contributed by atoms with E-state index in [1.165, 1.54) is 37.2 Å². The van der Waals surface area contributed by atoms with Crippen LogP contribution in [-0.2, 0) is 32.8 Å². The summed E-state index contributed by atoms with van der Waals surface area (Å²) in [5.74, 6) is 0. The van der Waals surface area contributed by atoms with Crippen LogP contribution in [0.4, 0.5) is 18.9 Å². The van der Waals surface area contributed by atoms with E-state index in [4.69, 9.17) is 11.6 Å². The van der Waals surface area contributed by atoms with Gasteiger partial charge in [0.1, 0.15) is 0 Å². The number of halogens is 7. The first kappa shape index (κ1) is 35.6. The van der Waals surface area contributed by atoms with Gasteiger partial charge in [0.25, 0.3) is 0 Å². The van der Waals surface area contributed by atoms with E-state index < -0.39 is 53.3 Å². The van der Waals surface area contributed by atoms with Crippen molar-refractivity contribution < 1.29 is 72.7 Å². The molecule has 6 nitrogen and oxygen atoms in total. The molecule has 0 aromatic heterocycles. The zero-order valence-electron chi connectivity index (χ0n) is 23.9. The summed E-state index contributed by atoms with van der Waals surface area (Å²) in [6.07, 6.45) is 1.59. The molecular formula is C30H31BrClF3I2N2O4S2-2. The number of benzene rings is 3. The molecule has 0 amide bonds. The number of hydrogen-bond acceptors (Lipinski definition) is 4. The van der Waals surface area contributed by atoms with E-state index in [1.807, 2.05) is 0 Å². The average molecular weight is 974 g/mol. The number of nitrogens with zero attached hydrogens (tertiary/aromatic N) is 2. The second-order valence-electron chi connectivity index (χ2n) is 10.8. The fourth-order valence-electron chi connectivity index (χ4n) is 5.28. The van der Waals surface area contributed by atoms with E-state index in [1.54, 1.807) is 24.3 Å². The SMILES string of the molecule is O=S(=O)(c1ccc(S(=O)(=O)N(Cc2ccc(Cl)cc2)C2CCCC2)cc1)N([I-]C1CCCC[I-]1)c1cc(C(F)(F)F)ccc1Br. The number of hydrogen-bond donors (Lipinski definition) is 0. The van der Waals surface area contributed by atoms with E-state index in [2.05, 4.69) is 15.9 Å². The molecule has 3 aromatic carbocycles. The van der Waals surface area contributed by atoms with Crippen molar-refractivity contribution in [3.63, 3.8) is 0 Å². The van der Waals surface area contributed by atoms with Gasteiger partial charge in [0.15, 0.2) is 0 Å². The van der Waals surface area contributed by atoms with Gasteiger partial charge in [0.05, 0.1) is 0 Å². The van der Waals surface area contributed by atoms with Crippen molar-refractivity contribution >= 4 is 53.3 Å². The molecule has 1 unspecified atom stereocenters. The van der Waals surface area contributed by atoms with Crippen molar-refractivity contribution in [3.05, 3.63) is 87.4 Å². The molecule has 0 radical (unpaired) electrons. The quantitative estimate of drug-likeness (QED) is 0.178. The predicted molar refractivity (Wildman–Crippen MR) is 164 cm³/mol. The standard InChI is InChI=1S/C30H31BrClF3I2N2O4S2/c31-27-17-10-22(30(33,34)35)19-28(27)39(37-29-7-3-4-18-36-29)45(42,43)26-15-13-25(14-16-26)44(40,41)38(24-5-1-2-6-24)20-21-8-11-23(32)12-9-21/h8-17,19,24,29H,1-7,18,20H2/q-2. The van der Waals surface area contributed by atoms with Gasteiger partial charge in [-0.3, -0.25) is 0 Å². The van der Waals surface area contributed by atoms with Crippen LogP contribution in [0.1, 0.15) is 56.1 Å². The van der Waals surface area contributed by atoms with Crippen LogP contribution in [0.15, 0.2) is 81.0 Å². The van der Waals surface area contributed by atoms with Crippen LogP contribution in [0.5, 0.6) is 0 Å². The summed E-state index contributed by atoms with van der Waals surface area (Å²) < 4.78 is 102. The summed E-state index contributed by atoms with van der Waals surface area (Å²) in [5.41, 5.74) is -0.192. The van der Waals surface area contributed by atoms with Crippen LogP contribution >= 0.6 is 27.5 Å². The van der Waals surface area contributed by atoms with Gasteiger partial charge in [-0.15, -0.1) is 0 Å². The van der Waals surface area contributed by atoms with Crippen molar-refractivity contribution in [3.8, 4) is 0 Å². The Morgan fingerprint density at radius 1 is 0.844 bits per heavy atom. The van der Waals surface area contributed by atoms with Gasteiger partial charge in [0, 0.05) is 5.02 Å². The van der Waals surface area contributed by atoms with E-state index in [0.717, 1.165) is 67.1 Å². The Labute approximate surface area is 297 Å². The Hall–Kier alpha value is -0.660. The number of rotatable bonds is 10. The minimum absolute atomic E-state index is 0.0399. The second-order valence-corrected chi connectivity index (χ2v) is 25.3. The van der Waals surface area contributed by atoms with Gasteiger partial charge in [-0.1, -0.05) is 11.6 Å². The molecule has 0 bridgehead atoms. The molecule has 1 aliphatic heterocycles. The molecule has 3 aromatic rings. The van der Waals surface area contributed by atoms with Crippen molar-refractivity contribution in [2.24, 2.45) is 0 Å². The molecule has 0 spiro atoms. The molecule has 248 valence electrons. The summed E-state index contributed by atoms with van der Waals surface area (Å²) in [6, 6.07) is 14.9. The molecule has 1 aliphatic carbocycles. The third-order valence-electron chi connectivity index (χ3n) is 7.66. The van der Waals surface area contributed by atoms with E-state index in [0.29, 0.717) is 5.02 Å². The molecule has 15 heteroatoms. The van der Waals surface area contributed by atoms with Crippen LogP contribution in [0.2, 0.25) is 5.02 Å². The van der Waals surface area contributed by atoms with Crippen molar-refractivity contribution in [2.75, 3.05) is 6.95 Å². The summed E-state index contributed by atoms with van der Waals surface area (Å²) in [5, 5.41) is 0.546. The van der Waals surface area contributed by atoms with Gasteiger partial charge in [-0.25, -0.2) is 0 Å². The topological polar surface area (TPSA) is 74.8 Å². The maximum absolute atomic E-state index is 14.2. The summed E-state index contributed by atoms with van der Waals surface area (Å²) in [6.45, 7) is 0.149. The van der Waals surface area contributed by atoms with Gasteiger partial charge in [-0.05, 0) is 0 Å². The second kappa shape index (κ2) is 14.8. The summed E-state index contributed by atoms with van der Waals surface area (Å²) >= 11 is 7.82. The van der Waals surface area contributed by atoms with Crippen molar-refractivity contribution in [1.82, 2.24) is 4.31 Å². The molecule has 1 atom stereocenters. The van der Waals surface area contributed by atoms with E-state index in [9.17, 15) is 30.0 Å². The first-order chi connectivity index (χ1) is 21.3. The van der Waals surface area contributed by atoms with Crippen LogP contribution in [0, 0.1) is 0 Å². The number of alkyl halides is 6. The van der Waals surface area contributed by atoms with E-state index in [-0.39, 0.29) is 55.7 Å². The average Bonchev–Trinajstić information content (AvgIpc) is 3.54. The summed E-state index contributed by atoms with van der Waals surface area (Å²) in [7, 11) is -8.32. The number of sulfonamides is 2. The van der Waals surface area contributed by atoms with Gasteiger partial charge in [0.2, 0.25) is 0 Å². The molecule has 1 heterocycles. The van der Waals surface area contributed by atoms with Gasteiger partial charge < -0.3 is 0 Å². The fraction of sp³-hybridized carbons (Fsp3) is 0.400. The first-order valence-corrected chi connectivity index (χ1v) is 23.3. The van der Waals surface area contributed by atoms with Crippen LogP contribution in [-0.4, -0.2) is 33.5 Å². The molecule has 1 saturated carbocycles. The van der Waals surface area contributed by atoms with Crippen molar-refractivity contribution in [2.45, 2.75) is 75.4 Å². The summed E-state index contributed by atoms with van der Waals surface area (Å²) in [4.78, 5) is -0.202. The zero-order chi connectivity index (χ0) is 32.4. The molecule has 0 N–H and O–H groups in total. The Bertz CT molecular complexity index is 1700. The Kier molecular flexibility index (Phi) is 11.8. The minimum atomic E-state index is -4.64. The fourth-order valence-corrected chi connectivity index (χ4v) is 21.0. The Morgan fingerprint density at radius 3 is 2.02 bits per heavy atom. The normalized spacial score (nSPS) is 18.7. The zero-order valence-corrected chi connectivity index (χ0v) is 32.1. The third-order valence-corrected chi connectivity index (χ3v) is 22.9. The molecule has 45 heavy (non-hydrogen) atoms. The van der Waals surface area contributed by atoms with Crippen LogP contribution in [0.3, 0.4) is 0 Å². The van der Waals surface area contributed by atoms with Gasteiger partial charge >= 0.3 is 283 Å². The molecule has 2 fully saturated rings. The predicted octanol–water partition coefficient (Wildman–Crippen LogP) is 2.05. The molecule has 2 aliphatic rings. The first-order valence-electron chi connectivity index (χ1n) is 14.3. The number of anilines is 1. The monoisotopic (exact) mass is 972 g/mol. The van der Waals surface area contributed by atoms with Gasteiger partial charge in [-0.2, -0.15) is 0 Å². The maximum atomic E-state index is 14.2. The van der Waals surface area contributed by atoms with Crippen molar-refractivity contribution in [1.29, 1.82) is 0 Å². The molecule has 1 saturated heterocycles. The molecule has 5 rings (SSSR count). The Balaban J connectivity index is 1.49. The van der Waals surface area contributed by atoms with Crippen LogP contribution < -0.4 is 45.2 Å². The van der Waals surface area contributed by atoms with E-state index >= 15 is 0 Å². The van der Waals surface area contributed by atoms with Crippen LogP contribution in [0.25, 0.3) is 0 Å². The Morgan fingerprint density at radius 2 is 1.44 bits per heavy atom.